The molecular weight excluding hydrogens is 242 g/mol. The summed E-state index contributed by atoms with van der Waals surface area (Å²) in [5, 5.41) is 5.60. The largest absolute Gasteiger partial charge is 0.362 e. The molecule has 96 valence electrons. The molecule has 1 N–H and O–H groups in total. The van der Waals surface area contributed by atoms with E-state index in [1.165, 1.54) is 4.88 Å². The lowest BCUT2D eigenvalue weighted by Crippen LogP contribution is -2.10. The van der Waals surface area contributed by atoms with Crippen molar-refractivity contribution < 1.29 is 0 Å². The zero-order valence-corrected chi connectivity index (χ0v) is 11.7. The van der Waals surface area contributed by atoms with Crippen molar-refractivity contribution in [1.29, 1.82) is 0 Å². The number of nitrogens with zero attached hydrogens (tertiary/aromatic N) is 2. The van der Waals surface area contributed by atoms with E-state index in [-0.39, 0.29) is 0 Å². The number of nitrogens with one attached hydrogen (secondary N) is 1. The zero-order chi connectivity index (χ0) is 12.8. The number of rotatable bonds is 6. The van der Waals surface area contributed by atoms with E-state index in [0.717, 1.165) is 30.8 Å². The molecule has 2 heterocycles. The van der Waals surface area contributed by atoms with Crippen LogP contribution in [0.2, 0.25) is 0 Å². The topological polar surface area (TPSA) is 37.8 Å². The molecule has 0 aliphatic heterocycles. The zero-order valence-electron chi connectivity index (χ0n) is 10.9. The first-order chi connectivity index (χ1) is 8.83. The Kier molecular flexibility index (Phi) is 4.70. The molecule has 0 fully saturated rings. The van der Waals surface area contributed by atoms with Crippen LogP contribution in [0, 0.1) is 0 Å². The van der Waals surface area contributed by atoms with E-state index < -0.39 is 0 Å². The van der Waals surface area contributed by atoms with Crippen LogP contribution in [0.1, 0.15) is 43.3 Å². The summed E-state index contributed by atoms with van der Waals surface area (Å²) in [6, 6.07) is 6.65. The minimum atomic E-state index is 0.342. The van der Waals surface area contributed by atoms with Crippen molar-refractivity contribution in [1.82, 2.24) is 9.97 Å². The predicted molar refractivity (Wildman–Crippen MR) is 77.0 cm³/mol. The first-order valence-electron chi connectivity index (χ1n) is 6.44. The fraction of sp³-hybridized carbons (Fsp3) is 0.429. The van der Waals surface area contributed by atoms with Crippen molar-refractivity contribution >= 4 is 17.2 Å². The second kappa shape index (κ2) is 6.50. The lowest BCUT2D eigenvalue weighted by atomic mass is 10.2. The summed E-state index contributed by atoms with van der Waals surface area (Å²) in [6.45, 7) is 4.35. The third-order valence-corrected chi connectivity index (χ3v) is 3.83. The Morgan fingerprint density at radius 1 is 1.33 bits per heavy atom. The van der Waals surface area contributed by atoms with Gasteiger partial charge in [-0.3, -0.25) is 0 Å². The van der Waals surface area contributed by atoms with E-state index in [0.29, 0.717) is 6.04 Å². The molecule has 0 aromatic carbocycles. The Balaban J connectivity index is 2.09. The summed E-state index contributed by atoms with van der Waals surface area (Å²) in [5.41, 5.74) is 1.11. The first-order valence-corrected chi connectivity index (χ1v) is 7.32. The molecule has 0 saturated carbocycles. The summed E-state index contributed by atoms with van der Waals surface area (Å²) in [5.74, 6) is 0.925. The van der Waals surface area contributed by atoms with Crippen LogP contribution >= 0.6 is 11.3 Å². The number of hydrogen-bond donors (Lipinski definition) is 1. The minimum absolute atomic E-state index is 0.342. The SMILES string of the molecule is CCCc1cc(NC(CC)c2cccs2)ncn1. The number of thiophene rings is 1. The van der Waals surface area contributed by atoms with Crippen molar-refractivity contribution in [3.8, 4) is 0 Å². The van der Waals surface area contributed by atoms with Gasteiger partial charge in [0.05, 0.1) is 6.04 Å². The van der Waals surface area contributed by atoms with E-state index >= 15 is 0 Å². The summed E-state index contributed by atoms with van der Waals surface area (Å²) in [7, 11) is 0. The van der Waals surface area contributed by atoms with Crippen molar-refractivity contribution in [2.75, 3.05) is 5.32 Å². The van der Waals surface area contributed by atoms with Gasteiger partial charge in [0.1, 0.15) is 12.1 Å². The second-order valence-corrected chi connectivity index (χ2v) is 5.24. The molecule has 18 heavy (non-hydrogen) atoms. The molecule has 3 nitrogen and oxygen atoms in total. The van der Waals surface area contributed by atoms with Gasteiger partial charge in [0, 0.05) is 16.6 Å². The van der Waals surface area contributed by atoms with Crippen molar-refractivity contribution in [3.63, 3.8) is 0 Å². The number of hydrogen-bond acceptors (Lipinski definition) is 4. The third-order valence-electron chi connectivity index (χ3n) is 2.85. The molecular formula is C14H19N3S. The van der Waals surface area contributed by atoms with Crippen LogP contribution in [0.25, 0.3) is 0 Å². The van der Waals surface area contributed by atoms with Gasteiger partial charge in [-0.1, -0.05) is 26.3 Å². The molecule has 2 rings (SSSR count). The summed E-state index contributed by atoms with van der Waals surface area (Å²) >= 11 is 1.78. The molecule has 0 saturated heterocycles. The van der Waals surface area contributed by atoms with Crippen LogP contribution in [0.3, 0.4) is 0 Å². The van der Waals surface area contributed by atoms with Gasteiger partial charge in [-0.25, -0.2) is 9.97 Å². The van der Waals surface area contributed by atoms with Crippen LogP contribution in [0.5, 0.6) is 0 Å². The Labute approximate surface area is 112 Å². The molecule has 1 unspecified atom stereocenters. The van der Waals surface area contributed by atoms with Gasteiger partial charge in [0.2, 0.25) is 0 Å². The van der Waals surface area contributed by atoms with Crippen molar-refractivity contribution in [2.24, 2.45) is 0 Å². The lowest BCUT2D eigenvalue weighted by Gasteiger charge is -2.16. The monoisotopic (exact) mass is 261 g/mol. The van der Waals surface area contributed by atoms with E-state index in [9.17, 15) is 0 Å². The molecule has 0 amide bonds. The summed E-state index contributed by atoms with van der Waals surface area (Å²) in [6.07, 6.45) is 4.81. The highest BCUT2D eigenvalue weighted by Gasteiger charge is 2.10. The van der Waals surface area contributed by atoms with Gasteiger partial charge >= 0.3 is 0 Å². The molecule has 1 atom stereocenters. The molecule has 0 radical (unpaired) electrons. The normalized spacial score (nSPS) is 12.3. The summed E-state index contributed by atoms with van der Waals surface area (Å²) < 4.78 is 0. The van der Waals surface area contributed by atoms with Crippen molar-refractivity contribution in [2.45, 2.75) is 39.2 Å². The van der Waals surface area contributed by atoms with Gasteiger partial charge in [0.15, 0.2) is 0 Å². The maximum atomic E-state index is 4.30. The molecule has 0 bridgehead atoms. The Morgan fingerprint density at radius 3 is 2.89 bits per heavy atom. The van der Waals surface area contributed by atoms with E-state index in [4.69, 9.17) is 0 Å². The van der Waals surface area contributed by atoms with E-state index in [2.05, 4.69) is 52.7 Å². The quantitative estimate of drug-likeness (QED) is 0.852. The maximum Gasteiger partial charge on any atom is 0.130 e. The lowest BCUT2D eigenvalue weighted by molar-refractivity contribution is 0.755. The molecule has 0 spiro atoms. The molecule has 2 aromatic rings. The molecule has 0 aliphatic rings. The van der Waals surface area contributed by atoms with Crippen LogP contribution < -0.4 is 5.32 Å². The van der Waals surface area contributed by atoms with Crippen LogP contribution in [0.15, 0.2) is 29.9 Å². The van der Waals surface area contributed by atoms with Gasteiger partial charge < -0.3 is 5.32 Å². The minimum Gasteiger partial charge on any atom is -0.362 e. The highest BCUT2D eigenvalue weighted by molar-refractivity contribution is 7.10. The van der Waals surface area contributed by atoms with Crippen LogP contribution in [-0.2, 0) is 6.42 Å². The Hall–Kier alpha value is -1.42. The fourth-order valence-electron chi connectivity index (χ4n) is 1.91. The van der Waals surface area contributed by atoms with E-state index in [1.54, 1.807) is 17.7 Å². The van der Waals surface area contributed by atoms with Crippen LogP contribution in [0.4, 0.5) is 5.82 Å². The first kappa shape index (κ1) is 13.0. The Morgan fingerprint density at radius 2 is 2.22 bits per heavy atom. The smallest absolute Gasteiger partial charge is 0.130 e. The van der Waals surface area contributed by atoms with Gasteiger partial charge in [-0.15, -0.1) is 11.3 Å². The third kappa shape index (κ3) is 3.29. The van der Waals surface area contributed by atoms with Gasteiger partial charge in [-0.05, 0) is 24.3 Å². The Bertz CT molecular complexity index is 468. The number of aryl methyl sites for hydroxylation is 1. The maximum absolute atomic E-state index is 4.30. The van der Waals surface area contributed by atoms with E-state index in [1.807, 2.05) is 0 Å². The average molecular weight is 261 g/mol. The number of anilines is 1. The molecule has 4 heteroatoms. The summed E-state index contributed by atoms with van der Waals surface area (Å²) in [4.78, 5) is 9.93. The predicted octanol–water partition coefficient (Wildman–Crippen LogP) is 4.05. The highest BCUT2D eigenvalue weighted by atomic mass is 32.1. The molecule has 2 aromatic heterocycles. The van der Waals surface area contributed by atoms with Gasteiger partial charge in [-0.2, -0.15) is 0 Å². The van der Waals surface area contributed by atoms with Gasteiger partial charge in [0.25, 0.3) is 0 Å². The molecule has 0 aliphatic carbocycles. The second-order valence-electron chi connectivity index (χ2n) is 4.27. The fourth-order valence-corrected chi connectivity index (χ4v) is 2.77. The highest BCUT2D eigenvalue weighted by Crippen LogP contribution is 2.25. The van der Waals surface area contributed by atoms with Crippen molar-refractivity contribution in [3.05, 3.63) is 40.5 Å². The average Bonchev–Trinajstić information content (AvgIpc) is 2.90. The van der Waals surface area contributed by atoms with Crippen LogP contribution in [-0.4, -0.2) is 9.97 Å². The standard InChI is InChI=1S/C14H19N3S/c1-3-6-11-9-14(16-10-15-11)17-12(4-2)13-7-5-8-18-13/h5,7-10,12H,3-4,6H2,1-2H3,(H,15,16,17). The number of aromatic nitrogens is 2.